The molecule has 9 nitrogen and oxygen atoms in total. The fourth-order valence-corrected chi connectivity index (χ4v) is 5.64. The van der Waals surface area contributed by atoms with E-state index < -0.39 is 10.0 Å². The van der Waals surface area contributed by atoms with Gasteiger partial charge in [0.15, 0.2) is 0 Å². The molecular formula is C25H28N4O5S. The van der Waals surface area contributed by atoms with Gasteiger partial charge in [-0.15, -0.1) is 0 Å². The van der Waals surface area contributed by atoms with Gasteiger partial charge in [-0.1, -0.05) is 0 Å². The standard InChI is InChI=1S/C25H28N4O5S/c1-16-23(14-18-4-7-21(34-3)15-24(18)26-16)25(31)28-20-10-12-29(13-11-20)35(32,33)22-8-5-19(6-9-22)27-17(2)30/h4-9,14-15,20H,10-13H2,1-3H3,(H,27,30)(H,28,31). The number of pyridine rings is 1. The van der Waals surface area contributed by atoms with Crippen LogP contribution in [0.5, 0.6) is 5.75 Å². The molecule has 1 aliphatic heterocycles. The Morgan fingerprint density at radius 2 is 1.74 bits per heavy atom. The van der Waals surface area contributed by atoms with Crippen LogP contribution in [0.4, 0.5) is 5.69 Å². The summed E-state index contributed by atoms with van der Waals surface area (Å²) in [4.78, 5) is 28.9. The number of hydrogen-bond acceptors (Lipinski definition) is 6. The molecule has 1 aliphatic rings. The van der Waals surface area contributed by atoms with Crippen molar-refractivity contribution in [1.29, 1.82) is 0 Å². The summed E-state index contributed by atoms with van der Waals surface area (Å²) >= 11 is 0. The Morgan fingerprint density at radius 1 is 1.06 bits per heavy atom. The van der Waals surface area contributed by atoms with Crippen molar-refractivity contribution in [3.63, 3.8) is 0 Å². The molecule has 0 unspecified atom stereocenters. The number of methoxy groups -OCH3 is 1. The van der Waals surface area contributed by atoms with Gasteiger partial charge in [0.05, 0.1) is 28.8 Å². The Balaban J connectivity index is 1.39. The quantitative estimate of drug-likeness (QED) is 0.542. The third kappa shape index (κ3) is 5.44. The Bertz CT molecular complexity index is 1360. The van der Waals surface area contributed by atoms with Crippen LogP contribution >= 0.6 is 0 Å². The zero-order valence-corrected chi connectivity index (χ0v) is 20.7. The summed E-state index contributed by atoms with van der Waals surface area (Å²) in [7, 11) is -2.07. The highest BCUT2D eigenvalue weighted by molar-refractivity contribution is 7.89. The minimum atomic E-state index is -3.66. The van der Waals surface area contributed by atoms with Crippen molar-refractivity contribution in [2.24, 2.45) is 0 Å². The number of hydrogen-bond donors (Lipinski definition) is 2. The van der Waals surface area contributed by atoms with Gasteiger partial charge in [-0.3, -0.25) is 14.6 Å². The smallest absolute Gasteiger partial charge is 0.253 e. The Kier molecular flexibility index (Phi) is 7.04. The second kappa shape index (κ2) is 10.0. The number of aryl methyl sites for hydroxylation is 1. The fraction of sp³-hybridized carbons (Fsp3) is 0.320. The number of fused-ring (bicyclic) bond motifs is 1. The van der Waals surface area contributed by atoms with Crippen molar-refractivity contribution in [3.8, 4) is 5.75 Å². The number of anilines is 1. The van der Waals surface area contributed by atoms with Crippen molar-refractivity contribution >= 4 is 38.4 Å². The van der Waals surface area contributed by atoms with Gasteiger partial charge < -0.3 is 15.4 Å². The van der Waals surface area contributed by atoms with Crippen LogP contribution in [0.25, 0.3) is 10.9 Å². The number of piperidine rings is 1. The molecule has 0 saturated carbocycles. The molecule has 35 heavy (non-hydrogen) atoms. The summed E-state index contributed by atoms with van der Waals surface area (Å²) in [5.41, 5.74) is 2.40. The molecule has 0 spiro atoms. The highest BCUT2D eigenvalue weighted by Crippen LogP contribution is 2.24. The maximum absolute atomic E-state index is 13.0. The second-order valence-corrected chi connectivity index (χ2v) is 10.5. The van der Waals surface area contributed by atoms with E-state index in [-0.39, 0.29) is 22.8 Å². The second-order valence-electron chi connectivity index (χ2n) is 8.54. The maximum Gasteiger partial charge on any atom is 0.253 e. The van der Waals surface area contributed by atoms with Crippen LogP contribution in [-0.4, -0.2) is 55.8 Å². The predicted octanol–water partition coefficient (Wildman–Crippen LogP) is 3.09. The molecule has 1 aromatic heterocycles. The van der Waals surface area contributed by atoms with E-state index in [0.29, 0.717) is 48.6 Å². The minimum Gasteiger partial charge on any atom is -0.497 e. The van der Waals surface area contributed by atoms with Crippen molar-refractivity contribution in [2.75, 3.05) is 25.5 Å². The highest BCUT2D eigenvalue weighted by atomic mass is 32.2. The van der Waals surface area contributed by atoms with Crippen LogP contribution in [0.15, 0.2) is 53.4 Å². The maximum atomic E-state index is 13.0. The van der Waals surface area contributed by atoms with Gasteiger partial charge in [0.2, 0.25) is 15.9 Å². The number of rotatable bonds is 6. The van der Waals surface area contributed by atoms with Crippen LogP contribution in [0.3, 0.4) is 0 Å². The molecule has 1 saturated heterocycles. The normalized spacial score (nSPS) is 15.1. The van der Waals surface area contributed by atoms with Gasteiger partial charge >= 0.3 is 0 Å². The number of amides is 2. The first-order valence-corrected chi connectivity index (χ1v) is 12.8. The summed E-state index contributed by atoms with van der Waals surface area (Å²) in [5.74, 6) is 0.259. The van der Waals surface area contributed by atoms with Crippen LogP contribution < -0.4 is 15.4 Å². The number of ether oxygens (including phenoxy) is 1. The molecule has 0 bridgehead atoms. The first kappa shape index (κ1) is 24.6. The summed E-state index contributed by atoms with van der Waals surface area (Å²) < 4.78 is 32.7. The van der Waals surface area contributed by atoms with E-state index in [2.05, 4.69) is 15.6 Å². The van der Waals surface area contributed by atoms with Crippen molar-refractivity contribution < 1.29 is 22.7 Å². The first-order valence-electron chi connectivity index (χ1n) is 11.3. The molecule has 10 heteroatoms. The molecule has 3 aromatic rings. The summed E-state index contributed by atoms with van der Waals surface area (Å²) in [6.45, 7) is 3.79. The number of sulfonamides is 1. The van der Waals surface area contributed by atoms with Crippen molar-refractivity contribution in [2.45, 2.75) is 37.6 Å². The lowest BCUT2D eigenvalue weighted by atomic mass is 10.0. The first-order chi connectivity index (χ1) is 16.7. The molecule has 0 atom stereocenters. The van der Waals surface area contributed by atoms with Gasteiger partial charge in [-0.05, 0) is 62.2 Å². The average Bonchev–Trinajstić information content (AvgIpc) is 2.83. The van der Waals surface area contributed by atoms with Crippen molar-refractivity contribution in [1.82, 2.24) is 14.6 Å². The highest BCUT2D eigenvalue weighted by Gasteiger charge is 2.30. The van der Waals surface area contributed by atoms with Crippen LogP contribution in [0, 0.1) is 6.92 Å². The third-order valence-corrected chi connectivity index (χ3v) is 7.97. The lowest BCUT2D eigenvalue weighted by molar-refractivity contribution is -0.114. The predicted molar refractivity (Wildman–Crippen MR) is 133 cm³/mol. The molecule has 1 fully saturated rings. The van der Waals surface area contributed by atoms with Gasteiger partial charge in [0.1, 0.15) is 5.75 Å². The van der Waals surface area contributed by atoms with E-state index in [0.717, 1.165) is 10.9 Å². The molecule has 184 valence electrons. The number of carbonyl (C=O) groups excluding carboxylic acids is 2. The van der Waals surface area contributed by atoms with E-state index in [4.69, 9.17) is 4.74 Å². The monoisotopic (exact) mass is 496 g/mol. The van der Waals surface area contributed by atoms with Gasteiger partial charge in [0, 0.05) is 43.2 Å². The van der Waals surface area contributed by atoms with Gasteiger partial charge in [0.25, 0.3) is 5.91 Å². The molecule has 2 N–H and O–H groups in total. The Morgan fingerprint density at radius 3 is 2.37 bits per heavy atom. The van der Waals surface area contributed by atoms with Gasteiger partial charge in [-0.25, -0.2) is 8.42 Å². The minimum absolute atomic E-state index is 0.137. The van der Waals surface area contributed by atoms with Crippen LogP contribution in [-0.2, 0) is 14.8 Å². The molecule has 0 aliphatic carbocycles. The molecule has 2 aromatic carbocycles. The number of aromatic nitrogens is 1. The average molecular weight is 497 g/mol. The van der Waals surface area contributed by atoms with E-state index in [1.54, 1.807) is 26.2 Å². The SMILES string of the molecule is COc1ccc2cc(C(=O)NC3CCN(S(=O)(=O)c4ccc(NC(C)=O)cc4)CC3)c(C)nc2c1. The number of benzene rings is 2. The lowest BCUT2D eigenvalue weighted by Gasteiger charge is -2.31. The van der Waals surface area contributed by atoms with Crippen LogP contribution in [0.2, 0.25) is 0 Å². The molecule has 2 heterocycles. The zero-order valence-electron chi connectivity index (χ0n) is 19.9. The van der Waals surface area contributed by atoms with E-state index in [1.165, 1.54) is 23.4 Å². The van der Waals surface area contributed by atoms with E-state index >= 15 is 0 Å². The summed E-state index contributed by atoms with van der Waals surface area (Å²) in [6, 6.07) is 13.3. The third-order valence-electron chi connectivity index (χ3n) is 6.06. The van der Waals surface area contributed by atoms with E-state index in [9.17, 15) is 18.0 Å². The molecule has 2 amide bonds. The van der Waals surface area contributed by atoms with Gasteiger partial charge in [-0.2, -0.15) is 4.31 Å². The van der Waals surface area contributed by atoms with E-state index in [1.807, 2.05) is 24.3 Å². The topological polar surface area (TPSA) is 118 Å². The molecule has 0 radical (unpaired) electrons. The fourth-order valence-electron chi connectivity index (χ4n) is 4.17. The van der Waals surface area contributed by atoms with Crippen molar-refractivity contribution in [3.05, 3.63) is 59.8 Å². The zero-order chi connectivity index (χ0) is 25.2. The summed E-state index contributed by atoms with van der Waals surface area (Å²) in [5, 5.41) is 6.50. The largest absolute Gasteiger partial charge is 0.497 e. The van der Waals surface area contributed by atoms with Crippen LogP contribution in [0.1, 0.15) is 35.8 Å². The number of nitrogens with zero attached hydrogens (tertiary/aromatic N) is 2. The molecular weight excluding hydrogens is 468 g/mol. The summed E-state index contributed by atoms with van der Waals surface area (Å²) in [6.07, 6.45) is 1.01. The molecule has 4 rings (SSSR count). The Labute approximate surface area is 204 Å². The number of carbonyl (C=O) groups is 2. The Hall–Kier alpha value is -3.50. The number of nitrogens with one attached hydrogen (secondary N) is 2. The lowest BCUT2D eigenvalue weighted by Crippen LogP contribution is -2.46.